The molecule has 0 fully saturated rings. The van der Waals surface area contributed by atoms with Crippen LogP contribution in [-0.2, 0) is 6.54 Å². The first-order valence-electron chi connectivity index (χ1n) is 7.08. The highest BCUT2D eigenvalue weighted by molar-refractivity contribution is 5.95. The van der Waals surface area contributed by atoms with E-state index < -0.39 is 0 Å². The van der Waals surface area contributed by atoms with Gasteiger partial charge in [-0.25, -0.2) is 4.39 Å². The summed E-state index contributed by atoms with van der Waals surface area (Å²) >= 11 is 0. The van der Waals surface area contributed by atoms with E-state index in [-0.39, 0.29) is 24.9 Å². The zero-order valence-electron chi connectivity index (χ0n) is 12.4. The number of rotatable bonds is 6. The molecule has 0 bridgehead atoms. The van der Waals surface area contributed by atoms with Gasteiger partial charge >= 0.3 is 0 Å². The molecule has 5 heteroatoms. The number of amides is 1. The van der Waals surface area contributed by atoms with Crippen LogP contribution in [0.5, 0.6) is 0 Å². The highest BCUT2D eigenvalue weighted by Gasteiger charge is 2.06. The van der Waals surface area contributed by atoms with Crippen LogP contribution < -0.4 is 10.6 Å². The van der Waals surface area contributed by atoms with Crippen molar-refractivity contribution in [1.29, 1.82) is 0 Å². The van der Waals surface area contributed by atoms with Gasteiger partial charge in [-0.05, 0) is 31.2 Å². The van der Waals surface area contributed by atoms with Gasteiger partial charge in [0, 0.05) is 29.9 Å². The molecule has 0 aliphatic heterocycles. The van der Waals surface area contributed by atoms with Gasteiger partial charge < -0.3 is 15.7 Å². The molecule has 0 unspecified atom stereocenters. The number of aryl methyl sites for hydroxylation is 1. The van der Waals surface area contributed by atoms with Crippen LogP contribution in [0.4, 0.5) is 10.1 Å². The molecular weight excluding hydrogens is 283 g/mol. The molecule has 0 spiro atoms. The Hall–Kier alpha value is -2.40. The van der Waals surface area contributed by atoms with Gasteiger partial charge in [0.1, 0.15) is 5.82 Å². The first-order chi connectivity index (χ1) is 10.6. The molecule has 0 aliphatic carbocycles. The number of carbonyl (C=O) groups excluding carboxylic acids is 1. The van der Waals surface area contributed by atoms with Gasteiger partial charge in [0.25, 0.3) is 5.91 Å². The summed E-state index contributed by atoms with van der Waals surface area (Å²) in [4.78, 5) is 11.8. The minimum Gasteiger partial charge on any atom is -0.395 e. The van der Waals surface area contributed by atoms with Crippen LogP contribution in [-0.4, -0.2) is 24.2 Å². The maximum absolute atomic E-state index is 13.7. The molecule has 4 nitrogen and oxygen atoms in total. The molecular formula is C17H19FN2O2. The highest BCUT2D eigenvalue weighted by atomic mass is 19.1. The number of aliphatic hydroxyl groups is 1. The number of hydrogen-bond acceptors (Lipinski definition) is 3. The molecule has 0 heterocycles. The maximum Gasteiger partial charge on any atom is 0.251 e. The van der Waals surface area contributed by atoms with Crippen molar-refractivity contribution in [2.75, 3.05) is 18.5 Å². The Balaban J connectivity index is 2.04. The Morgan fingerprint density at radius 3 is 2.82 bits per heavy atom. The molecule has 22 heavy (non-hydrogen) atoms. The SMILES string of the molecule is Cc1ccc(F)c(CNc2cccc(C(=O)NCCO)c2)c1. The second-order valence-corrected chi connectivity index (χ2v) is 5.01. The van der Waals surface area contributed by atoms with Gasteiger partial charge in [-0.1, -0.05) is 23.8 Å². The summed E-state index contributed by atoms with van der Waals surface area (Å²) in [6.07, 6.45) is 0. The summed E-state index contributed by atoms with van der Waals surface area (Å²) in [7, 11) is 0. The lowest BCUT2D eigenvalue weighted by atomic mass is 10.1. The third-order valence-corrected chi connectivity index (χ3v) is 3.21. The van der Waals surface area contributed by atoms with Crippen molar-refractivity contribution in [2.24, 2.45) is 0 Å². The normalized spacial score (nSPS) is 10.3. The fourth-order valence-corrected chi connectivity index (χ4v) is 2.08. The second kappa shape index (κ2) is 7.56. The van der Waals surface area contributed by atoms with Crippen LogP contribution in [0.15, 0.2) is 42.5 Å². The van der Waals surface area contributed by atoms with Crippen molar-refractivity contribution in [1.82, 2.24) is 5.32 Å². The van der Waals surface area contributed by atoms with Crippen molar-refractivity contribution < 1.29 is 14.3 Å². The lowest BCUT2D eigenvalue weighted by Gasteiger charge is -2.10. The lowest BCUT2D eigenvalue weighted by Crippen LogP contribution is -2.26. The molecule has 0 aliphatic rings. The van der Waals surface area contributed by atoms with E-state index in [1.165, 1.54) is 6.07 Å². The van der Waals surface area contributed by atoms with E-state index in [0.717, 1.165) is 11.3 Å². The molecule has 2 aromatic carbocycles. The summed E-state index contributed by atoms with van der Waals surface area (Å²) in [6.45, 7) is 2.37. The van der Waals surface area contributed by atoms with E-state index in [9.17, 15) is 9.18 Å². The van der Waals surface area contributed by atoms with Gasteiger partial charge in [-0.3, -0.25) is 4.79 Å². The molecule has 2 rings (SSSR count). The summed E-state index contributed by atoms with van der Waals surface area (Å²) in [5, 5.41) is 14.4. The molecule has 116 valence electrons. The van der Waals surface area contributed by atoms with Gasteiger partial charge in [0.05, 0.1) is 6.61 Å². The number of hydrogen-bond donors (Lipinski definition) is 3. The van der Waals surface area contributed by atoms with E-state index >= 15 is 0 Å². The Morgan fingerprint density at radius 1 is 1.23 bits per heavy atom. The van der Waals surface area contributed by atoms with Crippen molar-refractivity contribution in [3.05, 3.63) is 65.0 Å². The van der Waals surface area contributed by atoms with Gasteiger partial charge in [0.15, 0.2) is 0 Å². The minimum atomic E-state index is -0.255. The Labute approximate surface area is 129 Å². The van der Waals surface area contributed by atoms with E-state index in [1.807, 2.05) is 13.0 Å². The van der Waals surface area contributed by atoms with Crippen molar-refractivity contribution in [2.45, 2.75) is 13.5 Å². The Kier molecular flexibility index (Phi) is 5.49. The zero-order chi connectivity index (χ0) is 15.9. The maximum atomic E-state index is 13.7. The fourth-order valence-electron chi connectivity index (χ4n) is 2.08. The summed E-state index contributed by atoms with van der Waals surface area (Å²) < 4.78 is 13.7. The van der Waals surface area contributed by atoms with Gasteiger partial charge in [-0.15, -0.1) is 0 Å². The monoisotopic (exact) mass is 302 g/mol. The van der Waals surface area contributed by atoms with Crippen molar-refractivity contribution in [3.63, 3.8) is 0 Å². The number of nitrogens with one attached hydrogen (secondary N) is 2. The fraction of sp³-hybridized carbons (Fsp3) is 0.235. The lowest BCUT2D eigenvalue weighted by molar-refractivity contribution is 0.0945. The van der Waals surface area contributed by atoms with Crippen molar-refractivity contribution >= 4 is 11.6 Å². The van der Waals surface area contributed by atoms with Crippen LogP contribution in [0.3, 0.4) is 0 Å². The van der Waals surface area contributed by atoms with Crippen LogP contribution >= 0.6 is 0 Å². The summed E-state index contributed by atoms with van der Waals surface area (Å²) in [5.41, 5.74) is 2.80. The van der Waals surface area contributed by atoms with E-state index in [0.29, 0.717) is 17.7 Å². The Morgan fingerprint density at radius 2 is 2.05 bits per heavy atom. The van der Waals surface area contributed by atoms with Crippen LogP contribution in [0, 0.1) is 12.7 Å². The quantitative estimate of drug-likeness (QED) is 0.768. The molecule has 3 N–H and O–H groups in total. The molecule has 0 saturated heterocycles. The molecule has 0 saturated carbocycles. The van der Waals surface area contributed by atoms with Crippen LogP contribution in [0.2, 0.25) is 0 Å². The summed E-state index contributed by atoms with van der Waals surface area (Å²) in [5.74, 6) is -0.505. The highest BCUT2D eigenvalue weighted by Crippen LogP contribution is 2.15. The molecule has 0 radical (unpaired) electrons. The molecule has 0 aromatic heterocycles. The van der Waals surface area contributed by atoms with E-state index in [4.69, 9.17) is 5.11 Å². The smallest absolute Gasteiger partial charge is 0.251 e. The average molecular weight is 302 g/mol. The van der Waals surface area contributed by atoms with E-state index in [1.54, 1.807) is 30.3 Å². The number of anilines is 1. The van der Waals surface area contributed by atoms with Gasteiger partial charge in [-0.2, -0.15) is 0 Å². The molecule has 0 atom stereocenters. The topological polar surface area (TPSA) is 61.4 Å². The van der Waals surface area contributed by atoms with E-state index in [2.05, 4.69) is 10.6 Å². The third kappa shape index (κ3) is 4.30. The van der Waals surface area contributed by atoms with Crippen molar-refractivity contribution in [3.8, 4) is 0 Å². The Bertz CT molecular complexity index is 659. The first kappa shape index (κ1) is 16.0. The predicted octanol–water partition coefficient (Wildman–Crippen LogP) is 2.47. The predicted molar refractivity (Wildman–Crippen MR) is 84.3 cm³/mol. The van der Waals surface area contributed by atoms with Gasteiger partial charge in [0.2, 0.25) is 0 Å². The first-order valence-corrected chi connectivity index (χ1v) is 7.08. The number of benzene rings is 2. The number of aliphatic hydroxyl groups excluding tert-OH is 1. The third-order valence-electron chi connectivity index (χ3n) is 3.21. The summed E-state index contributed by atoms with van der Waals surface area (Å²) in [6, 6.07) is 11.9. The average Bonchev–Trinajstić information content (AvgIpc) is 2.53. The minimum absolute atomic E-state index is 0.101. The second-order valence-electron chi connectivity index (χ2n) is 5.01. The molecule has 2 aromatic rings. The molecule has 1 amide bonds. The number of carbonyl (C=O) groups is 1. The van der Waals surface area contributed by atoms with Crippen LogP contribution in [0.25, 0.3) is 0 Å². The standard InChI is InChI=1S/C17H19FN2O2/c1-12-5-6-16(18)14(9-12)11-20-15-4-2-3-13(10-15)17(22)19-7-8-21/h2-6,9-10,20-21H,7-8,11H2,1H3,(H,19,22). The zero-order valence-corrected chi connectivity index (χ0v) is 12.4. The number of halogens is 1. The largest absolute Gasteiger partial charge is 0.395 e. The van der Waals surface area contributed by atoms with Crippen LogP contribution in [0.1, 0.15) is 21.5 Å².